The summed E-state index contributed by atoms with van der Waals surface area (Å²) >= 11 is 0. The number of carbonyl (C=O) groups is 3. The largest absolute Gasteiger partial charge is 0.378 e. The molecule has 1 fully saturated rings. The number of anilines is 1. The number of rotatable bonds is 4. The van der Waals surface area contributed by atoms with E-state index in [1.54, 1.807) is 19.1 Å². The van der Waals surface area contributed by atoms with Gasteiger partial charge < -0.3 is 4.90 Å². The smallest absolute Gasteiger partial charge is 0.331 e. The molecule has 0 radical (unpaired) electrons. The number of amides is 4. The van der Waals surface area contributed by atoms with Gasteiger partial charge in [-0.2, -0.15) is 0 Å². The maximum Gasteiger partial charge on any atom is 0.331 e. The summed E-state index contributed by atoms with van der Waals surface area (Å²) in [6, 6.07) is 7.15. The van der Waals surface area contributed by atoms with Gasteiger partial charge in [0.25, 0.3) is 11.8 Å². The first kappa shape index (κ1) is 16.5. The highest BCUT2D eigenvalue weighted by Crippen LogP contribution is 2.14. The maximum absolute atomic E-state index is 12.1. The second kappa shape index (κ2) is 6.91. The third kappa shape index (κ3) is 3.66. The lowest BCUT2D eigenvalue weighted by atomic mass is 10.1. The Hall–Kier alpha value is -2.89. The average molecular weight is 313 g/mol. The molecule has 0 aliphatic carbocycles. The topological polar surface area (TPSA) is 69.7 Å². The van der Waals surface area contributed by atoms with E-state index in [4.69, 9.17) is 0 Å². The molecule has 1 saturated heterocycles. The number of likely N-dealkylation sites (N-methyl/N-ethyl adjacent to an activating group) is 1. The number of imide groups is 2. The van der Waals surface area contributed by atoms with Crippen molar-refractivity contribution in [2.24, 2.45) is 0 Å². The van der Waals surface area contributed by atoms with E-state index in [0.29, 0.717) is 0 Å². The number of benzene rings is 1. The standard InChI is InChI=1S/C17H19N3O3/c1-4-20-16(22)14(15(21)18-17(20)23)7-5-6-12-8-10-13(11-9-12)19(2)3/h5-11H,4H2,1-3H3,(H,18,21,23). The van der Waals surface area contributed by atoms with Crippen LogP contribution in [0.25, 0.3) is 6.08 Å². The van der Waals surface area contributed by atoms with Crippen molar-refractivity contribution >= 4 is 29.6 Å². The molecule has 6 heteroatoms. The van der Waals surface area contributed by atoms with E-state index in [-0.39, 0.29) is 12.1 Å². The van der Waals surface area contributed by atoms with Gasteiger partial charge in [0.2, 0.25) is 0 Å². The van der Waals surface area contributed by atoms with Crippen LogP contribution < -0.4 is 10.2 Å². The van der Waals surface area contributed by atoms with E-state index in [2.05, 4.69) is 5.32 Å². The molecule has 1 N–H and O–H groups in total. The molecule has 120 valence electrons. The number of barbiturate groups is 1. The van der Waals surface area contributed by atoms with Crippen LogP contribution >= 0.6 is 0 Å². The molecule has 0 aromatic heterocycles. The van der Waals surface area contributed by atoms with Crippen LogP contribution in [0.5, 0.6) is 0 Å². The highest BCUT2D eigenvalue weighted by Gasteiger charge is 2.34. The Morgan fingerprint density at radius 3 is 2.35 bits per heavy atom. The molecule has 1 aliphatic rings. The zero-order valence-electron chi connectivity index (χ0n) is 13.4. The van der Waals surface area contributed by atoms with Gasteiger partial charge in [0, 0.05) is 26.3 Å². The zero-order valence-corrected chi connectivity index (χ0v) is 13.4. The van der Waals surface area contributed by atoms with Crippen LogP contribution in [-0.2, 0) is 9.59 Å². The van der Waals surface area contributed by atoms with Crippen molar-refractivity contribution in [2.45, 2.75) is 6.92 Å². The van der Waals surface area contributed by atoms with Gasteiger partial charge in [0.15, 0.2) is 0 Å². The Bertz CT molecular complexity index is 688. The highest BCUT2D eigenvalue weighted by molar-refractivity contribution is 6.28. The predicted octanol–water partition coefficient (Wildman–Crippen LogP) is 1.79. The van der Waals surface area contributed by atoms with Crippen molar-refractivity contribution in [3.63, 3.8) is 0 Å². The molecule has 6 nitrogen and oxygen atoms in total. The molecule has 23 heavy (non-hydrogen) atoms. The van der Waals surface area contributed by atoms with E-state index in [0.717, 1.165) is 16.2 Å². The van der Waals surface area contributed by atoms with E-state index in [1.165, 1.54) is 6.08 Å². The molecule has 0 atom stereocenters. The molecule has 2 rings (SSSR count). The number of hydrogen-bond acceptors (Lipinski definition) is 4. The SMILES string of the molecule is CCN1C(=O)NC(=O)C(=CC=Cc2ccc(N(C)C)cc2)C1=O. The molecule has 0 bridgehead atoms. The van der Waals surface area contributed by atoms with Crippen LogP contribution in [0.3, 0.4) is 0 Å². The molecular formula is C17H19N3O3. The molecule has 0 spiro atoms. The van der Waals surface area contributed by atoms with Crippen LogP contribution in [0.15, 0.2) is 42.0 Å². The maximum atomic E-state index is 12.1. The minimum Gasteiger partial charge on any atom is -0.378 e. The summed E-state index contributed by atoms with van der Waals surface area (Å²) < 4.78 is 0. The lowest BCUT2D eigenvalue weighted by molar-refractivity contribution is -0.130. The fourth-order valence-corrected chi connectivity index (χ4v) is 2.14. The van der Waals surface area contributed by atoms with Crippen LogP contribution in [0.2, 0.25) is 0 Å². The van der Waals surface area contributed by atoms with Crippen molar-refractivity contribution in [3.05, 3.63) is 47.6 Å². The number of nitrogens with zero attached hydrogens (tertiary/aromatic N) is 2. The van der Waals surface area contributed by atoms with Gasteiger partial charge in [0.05, 0.1) is 0 Å². The quantitative estimate of drug-likeness (QED) is 0.679. The second-order valence-corrected chi connectivity index (χ2v) is 5.23. The minimum absolute atomic E-state index is 0.0485. The summed E-state index contributed by atoms with van der Waals surface area (Å²) in [5.41, 5.74) is 1.98. The predicted molar refractivity (Wildman–Crippen MR) is 88.8 cm³/mol. The van der Waals surface area contributed by atoms with E-state index < -0.39 is 17.8 Å². The normalized spacial score (nSPS) is 17.1. The first-order valence-electron chi connectivity index (χ1n) is 7.27. The molecule has 1 heterocycles. The van der Waals surface area contributed by atoms with Crippen LogP contribution in [0.4, 0.5) is 10.5 Å². The van der Waals surface area contributed by atoms with Crippen molar-refractivity contribution in [1.29, 1.82) is 0 Å². The van der Waals surface area contributed by atoms with Gasteiger partial charge in [-0.25, -0.2) is 4.79 Å². The van der Waals surface area contributed by atoms with Crippen molar-refractivity contribution < 1.29 is 14.4 Å². The molecular weight excluding hydrogens is 294 g/mol. The summed E-state index contributed by atoms with van der Waals surface area (Å²) in [6.45, 7) is 1.89. The average Bonchev–Trinajstić information content (AvgIpc) is 2.51. The Labute approximate surface area is 135 Å². The summed E-state index contributed by atoms with van der Waals surface area (Å²) in [7, 11) is 3.92. The fraction of sp³-hybridized carbons (Fsp3) is 0.235. The minimum atomic E-state index is -0.678. The van der Waals surface area contributed by atoms with Crippen molar-refractivity contribution in [3.8, 4) is 0 Å². The Morgan fingerprint density at radius 1 is 1.13 bits per heavy atom. The summed E-state index contributed by atoms with van der Waals surface area (Å²) in [6.07, 6.45) is 4.84. The summed E-state index contributed by atoms with van der Waals surface area (Å²) in [4.78, 5) is 38.3. The summed E-state index contributed by atoms with van der Waals surface area (Å²) in [5, 5.41) is 2.15. The molecule has 1 aliphatic heterocycles. The number of nitrogens with one attached hydrogen (secondary N) is 1. The third-order valence-corrected chi connectivity index (χ3v) is 3.46. The van der Waals surface area contributed by atoms with E-state index in [1.807, 2.05) is 43.3 Å². The van der Waals surface area contributed by atoms with E-state index >= 15 is 0 Å². The van der Waals surface area contributed by atoms with Gasteiger partial charge >= 0.3 is 6.03 Å². The van der Waals surface area contributed by atoms with Crippen LogP contribution in [-0.4, -0.2) is 43.4 Å². The van der Waals surface area contributed by atoms with Gasteiger partial charge in [0.1, 0.15) is 5.57 Å². The molecule has 1 aromatic rings. The first-order chi connectivity index (χ1) is 10.9. The monoisotopic (exact) mass is 313 g/mol. The number of hydrogen-bond donors (Lipinski definition) is 1. The number of carbonyl (C=O) groups excluding carboxylic acids is 3. The van der Waals surface area contributed by atoms with E-state index in [9.17, 15) is 14.4 Å². The molecule has 1 aromatic carbocycles. The number of allylic oxidation sites excluding steroid dienone is 2. The molecule has 0 unspecified atom stereocenters. The Morgan fingerprint density at radius 2 is 1.78 bits per heavy atom. The summed E-state index contributed by atoms with van der Waals surface area (Å²) in [5.74, 6) is -1.24. The lowest BCUT2D eigenvalue weighted by Crippen LogP contribution is -2.53. The molecule has 4 amide bonds. The van der Waals surface area contributed by atoms with Gasteiger partial charge in [-0.3, -0.25) is 19.8 Å². The lowest BCUT2D eigenvalue weighted by Gasteiger charge is -2.24. The number of urea groups is 1. The third-order valence-electron chi connectivity index (χ3n) is 3.46. The Balaban J connectivity index is 2.16. The highest BCUT2D eigenvalue weighted by atomic mass is 16.2. The van der Waals surface area contributed by atoms with Gasteiger partial charge in [-0.05, 0) is 30.7 Å². The Kier molecular flexibility index (Phi) is 4.95. The van der Waals surface area contributed by atoms with Crippen LogP contribution in [0, 0.1) is 0 Å². The fourth-order valence-electron chi connectivity index (χ4n) is 2.14. The first-order valence-corrected chi connectivity index (χ1v) is 7.27. The van der Waals surface area contributed by atoms with Gasteiger partial charge in [-0.15, -0.1) is 0 Å². The van der Waals surface area contributed by atoms with Crippen LogP contribution in [0.1, 0.15) is 12.5 Å². The van der Waals surface area contributed by atoms with Crippen molar-refractivity contribution in [2.75, 3.05) is 25.5 Å². The zero-order chi connectivity index (χ0) is 17.0. The van der Waals surface area contributed by atoms with Gasteiger partial charge in [-0.1, -0.05) is 24.3 Å². The second-order valence-electron chi connectivity index (χ2n) is 5.23. The molecule has 0 saturated carbocycles. The van der Waals surface area contributed by atoms with Crippen molar-refractivity contribution in [1.82, 2.24) is 10.2 Å².